The highest BCUT2D eigenvalue weighted by atomic mass is 16.2. The molecule has 0 radical (unpaired) electrons. The van der Waals surface area contributed by atoms with E-state index in [1.54, 1.807) is 14.0 Å². The summed E-state index contributed by atoms with van der Waals surface area (Å²) in [5.41, 5.74) is 0. The van der Waals surface area contributed by atoms with Crippen LogP contribution < -0.4 is 0 Å². The SMILES string of the molecule is CC1C(=O)C=CN(C)C1=O. The molecule has 1 unspecified atom stereocenters. The summed E-state index contributed by atoms with van der Waals surface area (Å²) in [4.78, 5) is 23.2. The van der Waals surface area contributed by atoms with Crippen LogP contribution in [0.25, 0.3) is 0 Å². The maximum absolute atomic E-state index is 11.0. The zero-order valence-electron chi connectivity index (χ0n) is 6.00. The Morgan fingerprint density at radius 2 is 2.10 bits per heavy atom. The number of hydrogen-bond donors (Lipinski definition) is 0. The van der Waals surface area contributed by atoms with Crippen LogP contribution in [0.5, 0.6) is 0 Å². The summed E-state index contributed by atoms with van der Waals surface area (Å²) in [6.45, 7) is 1.62. The van der Waals surface area contributed by atoms with E-state index >= 15 is 0 Å². The molecule has 10 heavy (non-hydrogen) atoms. The molecule has 0 saturated heterocycles. The van der Waals surface area contributed by atoms with Crippen molar-refractivity contribution in [2.75, 3.05) is 7.05 Å². The Morgan fingerprint density at radius 1 is 1.50 bits per heavy atom. The van der Waals surface area contributed by atoms with Crippen LogP contribution in [0.1, 0.15) is 6.92 Å². The van der Waals surface area contributed by atoms with Gasteiger partial charge in [0.1, 0.15) is 0 Å². The van der Waals surface area contributed by atoms with Gasteiger partial charge in [0.2, 0.25) is 5.91 Å². The Morgan fingerprint density at radius 3 is 2.60 bits per heavy atom. The van der Waals surface area contributed by atoms with Gasteiger partial charge >= 0.3 is 0 Å². The molecule has 1 amide bonds. The van der Waals surface area contributed by atoms with Gasteiger partial charge in [0.25, 0.3) is 0 Å². The first-order valence-corrected chi connectivity index (χ1v) is 3.11. The highest BCUT2D eigenvalue weighted by Gasteiger charge is 2.25. The van der Waals surface area contributed by atoms with Crippen LogP contribution in [0.2, 0.25) is 0 Å². The van der Waals surface area contributed by atoms with E-state index in [2.05, 4.69) is 0 Å². The van der Waals surface area contributed by atoms with Crippen molar-refractivity contribution in [3.05, 3.63) is 12.3 Å². The molecular formula is C7H9NO2. The predicted octanol–water partition coefficient (Wildman–Crippen LogP) is 0.177. The van der Waals surface area contributed by atoms with Crippen molar-refractivity contribution in [2.45, 2.75) is 6.92 Å². The second-order valence-electron chi connectivity index (χ2n) is 2.39. The minimum atomic E-state index is -0.491. The third-order valence-electron chi connectivity index (χ3n) is 1.61. The van der Waals surface area contributed by atoms with Crippen LogP contribution in [0.3, 0.4) is 0 Å². The van der Waals surface area contributed by atoms with Gasteiger partial charge < -0.3 is 4.90 Å². The van der Waals surface area contributed by atoms with Crippen LogP contribution in [0.4, 0.5) is 0 Å². The predicted molar refractivity (Wildman–Crippen MR) is 36.1 cm³/mol. The molecule has 0 fully saturated rings. The summed E-state index contributed by atoms with van der Waals surface area (Å²) >= 11 is 0. The monoisotopic (exact) mass is 139 g/mol. The summed E-state index contributed by atoms with van der Waals surface area (Å²) in [5.74, 6) is -0.731. The second-order valence-corrected chi connectivity index (χ2v) is 2.39. The van der Waals surface area contributed by atoms with Gasteiger partial charge in [0.15, 0.2) is 5.78 Å². The maximum Gasteiger partial charge on any atom is 0.236 e. The van der Waals surface area contributed by atoms with E-state index < -0.39 is 5.92 Å². The van der Waals surface area contributed by atoms with Gasteiger partial charge in [-0.05, 0) is 13.0 Å². The number of hydrogen-bond acceptors (Lipinski definition) is 2. The fourth-order valence-corrected chi connectivity index (χ4v) is 0.830. The lowest BCUT2D eigenvalue weighted by Gasteiger charge is -2.19. The first kappa shape index (κ1) is 6.99. The molecule has 0 aliphatic carbocycles. The minimum absolute atomic E-state index is 0.108. The summed E-state index contributed by atoms with van der Waals surface area (Å²) < 4.78 is 0. The number of carbonyl (C=O) groups is 2. The lowest BCUT2D eigenvalue weighted by molar-refractivity contribution is -0.137. The largest absolute Gasteiger partial charge is 0.321 e. The summed E-state index contributed by atoms with van der Waals surface area (Å²) in [5, 5.41) is 0. The molecule has 0 aromatic rings. The zero-order valence-corrected chi connectivity index (χ0v) is 6.00. The van der Waals surface area contributed by atoms with Crippen molar-refractivity contribution in [3.63, 3.8) is 0 Å². The van der Waals surface area contributed by atoms with E-state index in [-0.39, 0.29) is 11.7 Å². The molecule has 0 aromatic heterocycles. The maximum atomic E-state index is 11.0. The Labute approximate surface area is 59.3 Å². The third-order valence-corrected chi connectivity index (χ3v) is 1.61. The van der Waals surface area contributed by atoms with Crippen LogP contribution in [-0.4, -0.2) is 23.6 Å². The van der Waals surface area contributed by atoms with Crippen molar-refractivity contribution in [1.82, 2.24) is 4.90 Å². The van der Waals surface area contributed by atoms with Gasteiger partial charge in [-0.3, -0.25) is 9.59 Å². The van der Waals surface area contributed by atoms with Gasteiger partial charge in [-0.2, -0.15) is 0 Å². The molecular weight excluding hydrogens is 130 g/mol. The molecule has 0 saturated carbocycles. The summed E-state index contributed by atoms with van der Waals surface area (Å²) in [6, 6.07) is 0. The van der Waals surface area contributed by atoms with Crippen molar-refractivity contribution in [1.29, 1.82) is 0 Å². The van der Waals surface area contributed by atoms with E-state index in [1.807, 2.05) is 0 Å². The van der Waals surface area contributed by atoms with Crippen LogP contribution in [0, 0.1) is 5.92 Å². The van der Waals surface area contributed by atoms with Crippen molar-refractivity contribution in [3.8, 4) is 0 Å². The van der Waals surface area contributed by atoms with Crippen LogP contribution in [-0.2, 0) is 9.59 Å². The smallest absolute Gasteiger partial charge is 0.236 e. The van der Waals surface area contributed by atoms with Gasteiger partial charge in [0, 0.05) is 13.2 Å². The lowest BCUT2D eigenvalue weighted by Crippen LogP contribution is -2.35. The van der Waals surface area contributed by atoms with E-state index in [0.29, 0.717) is 0 Å². The molecule has 0 spiro atoms. The topological polar surface area (TPSA) is 37.4 Å². The Bertz CT molecular complexity index is 208. The standard InChI is InChI=1S/C7H9NO2/c1-5-6(9)3-4-8(2)7(5)10/h3-5H,1-2H3. The lowest BCUT2D eigenvalue weighted by atomic mass is 10.0. The third kappa shape index (κ3) is 0.943. The molecule has 3 nitrogen and oxygen atoms in total. The molecule has 0 bridgehead atoms. The quantitative estimate of drug-likeness (QED) is 0.449. The minimum Gasteiger partial charge on any atom is -0.321 e. The normalized spacial score (nSPS) is 25.8. The number of allylic oxidation sites excluding steroid dienone is 1. The highest BCUT2D eigenvalue weighted by molar-refractivity contribution is 6.08. The highest BCUT2D eigenvalue weighted by Crippen LogP contribution is 2.08. The molecule has 0 N–H and O–H groups in total. The van der Waals surface area contributed by atoms with Gasteiger partial charge in [-0.15, -0.1) is 0 Å². The Balaban J connectivity index is 2.89. The van der Waals surface area contributed by atoms with Gasteiger partial charge in [-0.1, -0.05) is 0 Å². The average Bonchev–Trinajstić information content (AvgIpc) is 1.93. The van der Waals surface area contributed by atoms with Crippen molar-refractivity contribution < 1.29 is 9.59 Å². The first-order chi connectivity index (χ1) is 4.63. The van der Waals surface area contributed by atoms with Gasteiger partial charge in [-0.25, -0.2) is 0 Å². The number of amides is 1. The molecule has 54 valence electrons. The number of rotatable bonds is 0. The van der Waals surface area contributed by atoms with Crippen LogP contribution >= 0.6 is 0 Å². The molecule has 3 heteroatoms. The fraction of sp³-hybridized carbons (Fsp3) is 0.429. The van der Waals surface area contributed by atoms with E-state index in [0.717, 1.165) is 0 Å². The van der Waals surface area contributed by atoms with Gasteiger partial charge in [0.05, 0.1) is 5.92 Å². The number of ketones is 1. The van der Waals surface area contributed by atoms with E-state index in [9.17, 15) is 9.59 Å². The molecule has 1 aliphatic rings. The van der Waals surface area contributed by atoms with Crippen molar-refractivity contribution in [2.24, 2.45) is 5.92 Å². The molecule has 1 rings (SSSR count). The summed E-state index contributed by atoms with van der Waals surface area (Å²) in [7, 11) is 1.64. The fourth-order valence-electron chi connectivity index (χ4n) is 0.830. The number of nitrogens with zero attached hydrogens (tertiary/aromatic N) is 1. The van der Waals surface area contributed by atoms with Crippen molar-refractivity contribution >= 4 is 11.7 Å². The number of carbonyl (C=O) groups excluding carboxylic acids is 2. The zero-order chi connectivity index (χ0) is 7.72. The molecule has 0 aromatic carbocycles. The molecule has 1 atom stereocenters. The Hall–Kier alpha value is -1.12. The summed E-state index contributed by atoms with van der Waals surface area (Å²) in [6.07, 6.45) is 2.91. The second kappa shape index (κ2) is 2.25. The van der Waals surface area contributed by atoms with E-state index in [4.69, 9.17) is 0 Å². The average molecular weight is 139 g/mol. The van der Waals surface area contributed by atoms with Crippen LogP contribution in [0.15, 0.2) is 12.3 Å². The Kier molecular flexibility index (Phi) is 1.57. The first-order valence-electron chi connectivity index (χ1n) is 3.11. The molecule has 1 aliphatic heterocycles. The van der Waals surface area contributed by atoms with E-state index in [1.165, 1.54) is 17.2 Å². The molecule has 1 heterocycles.